The summed E-state index contributed by atoms with van der Waals surface area (Å²) >= 11 is 1.55. The van der Waals surface area contributed by atoms with E-state index in [0.29, 0.717) is 12.1 Å². The first-order chi connectivity index (χ1) is 10.2. The SMILES string of the molecule is Cc1csc(CNC(=O)c2ccc(-n3ccnc3)cc2)n1. The lowest BCUT2D eigenvalue weighted by molar-refractivity contribution is 0.0951. The highest BCUT2D eigenvalue weighted by molar-refractivity contribution is 7.09. The maximum atomic E-state index is 12.1. The van der Waals surface area contributed by atoms with Crippen LogP contribution in [0.2, 0.25) is 0 Å². The lowest BCUT2D eigenvalue weighted by Crippen LogP contribution is -2.22. The van der Waals surface area contributed by atoms with Gasteiger partial charge in [-0.05, 0) is 31.2 Å². The van der Waals surface area contributed by atoms with Crippen molar-refractivity contribution in [1.82, 2.24) is 19.9 Å². The minimum Gasteiger partial charge on any atom is -0.346 e. The van der Waals surface area contributed by atoms with E-state index in [4.69, 9.17) is 0 Å². The Morgan fingerprint density at radius 3 is 2.76 bits per heavy atom. The molecule has 3 aromatic rings. The highest BCUT2D eigenvalue weighted by Crippen LogP contribution is 2.11. The van der Waals surface area contributed by atoms with Gasteiger partial charge in [-0.3, -0.25) is 4.79 Å². The standard InChI is InChI=1S/C15H14N4OS/c1-11-9-21-14(18-11)8-17-15(20)12-2-4-13(5-3-12)19-7-6-16-10-19/h2-7,9-10H,8H2,1H3,(H,17,20). The van der Waals surface area contributed by atoms with Gasteiger partial charge in [0.2, 0.25) is 0 Å². The van der Waals surface area contributed by atoms with Gasteiger partial charge in [-0.25, -0.2) is 9.97 Å². The monoisotopic (exact) mass is 298 g/mol. The summed E-state index contributed by atoms with van der Waals surface area (Å²) in [5.74, 6) is -0.0972. The van der Waals surface area contributed by atoms with Crippen LogP contribution in [-0.4, -0.2) is 20.4 Å². The summed E-state index contributed by atoms with van der Waals surface area (Å²) < 4.78 is 1.89. The predicted octanol–water partition coefficient (Wildman–Crippen LogP) is 2.57. The van der Waals surface area contributed by atoms with Crippen molar-refractivity contribution < 1.29 is 4.79 Å². The third-order valence-corrected chi connectivity index (χ3v) is 3.97. The molecule has 5 nitrogen and oxygen atoms in total. The maximum absolute atomic E-state index is 12.1. The fourth-order valence-electron chi connectivity index (χ4n) is 1.94. The van der Waals surface area contributed by atoms with E-state index in [1.54, 1.807) is 36.0 Å². The van der Waals surface area contributed by atoms with E-state index < -0.39 is 0 Å². The maximum Gasteiger partial charge on any atom is 0.251 e. The van der Waals surface area contributed by atoms with Crippen LogP contribution >= 0.6 is 11.3 Å². The number of nitrogens with zero attached hydrogens (tertiary/aromatic N) is 3. The van der Waals surface area contributed by atoms with Crippen molar-refractivity contribution in [2.24, 2.45) is 0 Å². The number of thiazole rings is 1. The molecule has 3 rings (SSSR count). The van der Waals surface area contributed by atoms with E-state index in [1.165, 1.54) is 0 Å². The number of hydrogen-bond acceptors (Lipinski definition) is 4. The number of rotatable bonds is 4. The van der Waals surface area contributed by atoms with Gasteiger partial charge in [0.1, 0.15) is 5.01 Å². The molecule has 2 heterocycles. The van der Waals surface area contributed by atoms with E-state index in [1.807, 2.05) is 35.2 Å². The number of imidazole rings is 1. The molecule has 1 aromatic carbocycles. The summed E-state index contributed by atoms with van der Waals surface area (Å²) in [6.07, 6.45) is 5.30. The van der Waals surface area contributed by atoms with Gasteiger partial charge in [0, 0.05) is 34.7 Å². The first-order valence-electron chi connectivity index (χ1n) is 6.50. The highest BCUT2D eigenvalue weighted by atomic mass is 32.1. The van der Waals surface area contributed by atoms with Crippen molar-refractivity contribution >= 4 is 17.2 Å². The van der Waals surface area contributed by atoms with Gasteiger partial charge in [0.25, 0.3) is 5.91 Å². The lowest BCUT2D eigenvalue weighted by atomic mass is 10.2. The molecule has 2 aromatic heterocycles. The third-order valence-electron chi connectivity index (χ3n) is 3.00. The zero-order valence-corrected chi connectivity index (χ0v) is 12.3. The Balaban J connectivity index is 1.65. The van der Waals surface area contributed by atoms with Crippen LogP contribution in [0.4, 0.5) is 0 Å². The van der Waals surface area contributed by atoms with Gasteiger partial charge in [-0.2, -0.15) is 0 Å². The molecule has 21 heavy (non-hydrogen) atoms. The number of nitrogens with one attached hydrogen (secondary N) is 1. The zero-order valence-electron chi connectivity index (χ0n) is 11.5. The molecule has 0 aliphatic carbocycles. The molecule has 0 fully saturated rings. The first-order valence-corrected chi connectivity index (χ1v) is 7.38. The minimum atomic E-state index is -0.0972. The van der Waals surface area contributed by atoms with Gasteiger partial charge < -0.3 is 9.88 Å². The van der Waals surface area contributed by atoms with Gasteiger partial charge in [0.05, 0.1) is 12.9 Å². The van der Waals surface area contributed by atoms with E-state index in [2.05, 4.69) is 15.3 Å². The van der Waals surface area contributed by atoms with Gasteiger partial charge in [-0.15, -0.1) is 11.3 Å². The highest BCUT2D eigenvalue weighted by Gasteiger charge is 2.07. The lowest BCUT2D eigenvalue weighted by Gasteiger charge is -2.05. The molecule has 6 heteroatoms. The smallest absolute Gasteiger partial charge is 0.251 e. The topological polar surface area (TPSA) is 59.8 Å². The first kappa shape index (κ1) is 13.5. The normalized spacial score (nSPS) is 10.5. The third kappa shape index (κ3) is 3.17. The summed E-state index contributed by atoms with van der Waals surface area (Å²) in [5.41, 5.74) is 2.58. The van der Waals surface area contributed by atoms with Crippen LogP contribution < -0.4 is 5.32 Å². The second-order valence-corrected chi connectivity index (χ2v) is 5.52. The predicted molar refractivity (Wildman–Crippen MR) is 81.6 cm³/mol. The van der Waals surface area contributed by atoms with E-state index in [0.717, 1.165) is 16.4 Å². The summed E-state index contributed by atoms with van der Waals surface area (Å²) in [5, 5.41) is 5.76. The molecule has 1 amide bonds. The second kappa shape index (κ2) is 5.88. The molecule has 0 unspecified atom stereocenters. The molecule has 0 bridgehead atoms. The number of benzene rings is 1. The van der Waals surface area contributed by atoms with Crippen molar-refractivity contribution in [2.45, 2.75) is 13.5 Å². The fraction of sp³-hybridized carbons (Fsp3) is 0.133. The average Bonchev–Trinajstić information content (AvgIpc) is 3.16. The molecule has 0 atom stereocenters. The van der Waals surface area contributed by atoms with E-state index in [-0.39, 0.29) is 5.91 Å². The summed E-state index contributed by atoms with van der Waals surface area (Å²) in [4.78, 5) is 20.4. The Bertz CT molecular complexity index is 731. The molecular formula is C15H14N4OS. The average molecular weight is 298 g/mol. The number of aryl methyl sites for hydroxylation is 1. The van der Waals surface area contributed by atoms with Crippen LogP contribution in [0, 0.1) is 6.92 Å². The fourth-order valence-corrected chi connectivity index (χ4v) is 2.65. The Morgan fingerprint density at radius 2 is 2.14 bits per heavy atom. The van der Waals surface area contributed by atoms with Gasteiger partial charge >= 0.3 is 0 Å². The van der Waals surface area contributed by atoms with Crippen molar-refractivity contribution in [3.05, 3.63) is 64.6 Å². The molecule has 0 aliphatic heterocycles. The van der Waals surface area contributed by atoms with Crippen LogP contribution in [0.25, 0.3) is 5.69 Å². The van der Waals surface area contributed by atoms with Crippen LogP contribution in [0.5, 0.6) is 0 Å². The quantitative estimate of drug-likeness (QED) is 0.805. The van der Waals surface area contributed by atoms with Crippen LogP contribution in [-0.2, 0) is 6.54 Å². The van der Waals surface area contributed by atoms with Crippen LogP contribution in [0.1, 0.15) is 21.1 Å². The number of carbonyl (C=O) groups is 1. The van der Waals surface area contributed by atoms with Crippen molar-refractivity contribution in [2.75, 3.05) is 0 Å². The van der Waals surface area contributed by atoms with Crippen molar-refractivity contribution in [1.29, 1.82) is 0 Å². The summed E-state index contributed by atoms with van der Waals surface area (Å²) in [7, 11) is 0. The molecule has 106 valence electrons. The number of aromatic nitrogens is 3. The number of hydrogen-bond donors (Lipinski definition) is 1. The zero-order chi connectivity index (χ0) is 14.7. The Kier molecular flexibility index (Phi) is 3.79. The van der Waals surface area contributed by atoms with E-state index in [9.17, 15) is 4.79 Å². The molecule has 1 N–H and O–H groups in total. The summed E-state index contributed by atoms with van der Waals surface area (Å²) in [6, 6.07) is 7.39. The Labute approximate surface area is 126 Å². The van der Waals surface area contributed by atoms with Crippen LogP contribution in [0.15, 0.2) is 48.4 Å². The van der Waals surface area contributed by atoms with Crippen LogP contribution in [0.3, 0.4) is 0 Å². The van der Waals surface area contributed by atoms with Crippen molar-refractivity contribution in [3.63, 3.8) is 0 Å². The van der Waals surface area contributed by atoms with Gasteiger partial charge in [0.15, 0.2) is 0 Å². The van der Waals surface area contributed by atoms with Crippen molar-refractivity contribution in [3.8, 4) is 5.69 Å². The molecule has 0 aliphatic rings. The van der Waals surface area contributed by atoms with Gasteiger partial charge in [-0.1, -0.05) is 0 Å². The molecule has 0 spiro atoms. The molecule has 0 saturated heterocycles. The number of carbonyl (C=O) groups excluding carboxylic acids is 1. The van der Waals surface area contributed by atoms with E-state index >= 15 is 0 Å². The second-order valence-electron chi connectivity index (χ2n) is 4.58. The molecule has 0 radical (unpaired) electrons. The Hall–Kier alpha value is -2.47. The minimum absolute atomic E-state index is 0.0972. The Morgan fingerprint density at radius 1 is 1.33 bits per heavy atom. The molecule has 0 saturated carbocycles. The largest absolute Gasteiger partial charge is 0.346 e. The number of amides is 1. The molecular weight excluding hydrogens is 284 g/mol. The summed E-state index contributed by atoms with van der Waals surface area (Å²) in [6.45, 7) is 2.40.